The molecule has 1 aromatic heterocycles. The number of methoxy groups -OCH3 is 2. The van der Waals surface area contributed by atoms with Crippen LogP contribution >= 0.6 is 0 Å². The Balaban J connectivity index is 2.08. The van der Waals surface area contributed by atoms with E-state index in [1.165, 1.54) is 18.2 Å². The first-order valence-corrected chi connectivity index (χ1v) is 10.8. The van der Waals surface area contributed by atoms with Gasteiger partial charge in [-0.3, -0.25) is 4.79 Å². The zero-order chi connectivity index (χ0) is 23.6. The lowest BCUT2D eigenvalue weighted by Gasteiger charge is -2.17. The number of esters is 1. The molecular formula is C26H32N2O4. The first-order valence-electron chi connectivity index (χ1n) is 10.8. The van der Waals surface area contributed by atoms with E-state index in [-0.39, 0.29) is 5.91 Å². The fourth-order valence-electron chi connectivity index (χ4n) is 4.38. The van der Waals surface area contributed by atoms with Gasteiger partial charge in [0.25, 0.3) is 5.91 Å². The van der Waals surface area contributed by atoms with Gasteiger partial charge in [-0.05, 0) is 70.4 Å². The van der Waals surface area contributed by atoms with E-state index >= 15 is 0 Å². The summed E-state index contributed by atoms with van der Waals surface area (Å²) in [4.78, 5) is 27.5. The Bertz CT molecular complexity index is 1120. The summed E-state index contributed by atoms with van der Waals surface area (Å²) in [5.41, 5.74) is 7.78. The van der Waals surface area contributed by atoms with Crippen molar-refractivity contribution in [2.45, 2.75) is 41.0 Å². The van der Waals surface area contributed by atoms with Crippen LogP contribution in [-0.4, -0.2) is 48.7 Å². The van der Waals surface area contributed by atoms with Crippen LogP contribution in [0.3, 0.4) is 0 Å². The maximum atomic E-state index is 13.3. The van der Waals surface area contributed by atoms with E-state index in [2.05, 4.69) is 36.6 Å². The van der Waals surface area contributed by atoms with Crippen molar-refractivity contribution >= 4 is 18.0 Å². The van der Waals surface area contributed by atoms with Crippen molar-refractivity contribution in [3.8, 4) is 5.69 Å². The molecule has 0 unspecified atom stereocenters. The summed E-state index contributed by atoms with van der Waals surface area (Å²) in [5.74, 6) is -0.685. The molecule has 170 valence electrons. The molecule has 3 rings (SSSR count). The molecule has 0 spiro atoms. The molecule has 0 N–H and O–H groups in total. The lowest BCUT2D eigenvalue weighted by atomic mass is 10.0. The molecule has 0 atom stereocenters. The Morgan fingerprint density at radius 3 is 2.41 bits per heavy atom. The van der Waals surface area contributed by atoms with E-state index in [0.717, 1.165) is 22.6 Å². The van der Waals surface area contributed by atoms with Crippen LogP contribution in [0.25, 0.3) is 11.8 Å². The second kappa shape index (κ2) is 9.57. The third-order valence-electron chi connectivity index (χ3n) is 5.99. The van der Waals surface area contributed by atoms with Gasteiger partial charge in [0.05, 0.1) is 18.3 Å². The van der Waals surface area contributed by atoms with Gasteiger partial charge < -0.3 is 18.9 Å². The smallest absolute Gasteiger partial charge is 0.340 e. The van der Waals surface area contributed by atoms with Gasteiger partial charge in [0, 0.05) is 43.0 Å². The molecule has 2 heterocycles. The van der Waals surface area contributed by atoms with Crippen molar-refractivity contribution in [2.75, 3.05) is 27.4 Å². The van der Waals surface area contributed by atoms with Gasteiger partial charge in [-0.2, -0.15) is 0 Å². The zero-order valence-electron chi connectivity index (χ0n) is 20.0. The van der Waals surface area contributed by atoms with Crippen molar-refractivity contribution in [3.63, 3.8) is 0 Å². The van der Waals surface area contributed by atoms with Crippen LogP contribution in [0, 0.1) is 27.7 Å². The number of aryl methyl sites for hydroxylation is 3. The van der Waals surface area contributed by atoms with Gasteiger partial charge in [-0.15, -0.1) is 0 Å². The predicted octanol–water partition coefficient (Wildman–Crippen LogP) is 4.42. The Morgan fingerprint density at radius 1 is 1.06 bits per heavy atom. The van der Waals surface area contributed by atoms with Crippen LogP contribution in [-0.2, 0) is 19.1 Å². The van der Waals surface area contributed by atoms with Crippen LogP contribution in [0.5, 0.6) is 0 Å². The zero-order valence-corrected chi connectivity index (χ0v) is 20.0. The molecule has 6 nitrogen and oxygen atoms in total. The minimum atomic E-state index is -0.500. The molecule has 1 aliphatic rings. The monoisotopic (exact) mass is 436 g/mol. The minimum Gasteiger partial charge on any atom is -0.465 e. The van der Waals surface area contributed by atoms with Crippen LogP contribution in [0.15, 0.2) is 41.1 Å². The van der Waals surface area contributed by atoms with E-state index in [1.54, 1.807) is 18.9 Å². The summed E-state index contributed by atoms with van der Waals surface area (Å²) in [5, 5.41) is 0. The van der Waals surface area contributed by atoms with Gasteiger partial charge in [-0.25, -0.2) is 4.79 Å². The van der Waals surface area contributed by atoms with E-state index in [1.807, 2.05) is 26.0 Å². The van der Waals surface area contributed by atoms with Crippen molar-refractivity contribution in [1.82, 2.24) is 9.47 Å². The third kappa shape index (κ3) is 4.28. The second-order valence-corrected chi connectivity index (χ2v) is 8.26. The average Bonchev–Trinajstić information content (AvgIpc) is 3.15. The summed E-state index contributed by atoms with van der Waals surface area (Å²) in [6.45, 7) is 11.1. The standard InChI is InChI=1S/C26H32N2O4/c1-16-9-10-23(17(2)13-16)28-18(3)14-21(19(28)4)15-22-24(26(30)32-7)20(5)27(25(22)29)11-8-12-31-6/h9-10,13-15H,8,11-12H2,1-7H3/b22-15-. The molecule has 1 amide bonds. The van der Waals surface area contributed by atoms with Gasteiger partial charge in [0.2, 0.25) is 0 Å². The number of carbonyl (C=O) groups excluding carboxylic acids is 2. The molecular weight excluding hydrogens is 404 g/mol. The van der Waals surface area contributed by atoms with E-state index in [9.17, 15) is 9.59 Å². The van der Waals surface area contributed by atoms with Gasteiger partial charge in [0.15, 0.2) is 0 Å². The molecule has 0 radical (unpaired) electrons. The largest absolute Gasteiger partial charge is 0.465 e. The van der Waals surface area contributed by atoms with Crippen molar-refractivity contribution in [3.05, 3.63) is 69.2 Å². The van der Waals surface area contributed by atoms with E-state index in [4.69, 9.17) is 9.47 Å². The summed E-state index contributed by atoms with van der Waals surface area (Å²) in [7, 11) is 2.97. The Hall–Kier alpha value is -3.12. The number of hydrogen-bond acceptors (Lipinski definition) is 4. The number of rotatable bonds is 7. The maximum absolute atomic E-state index is 13.3. The maximum Gasteiger partial charge on any atom is 0.340 e. The number of benzene rings is 1. The summed E-state index contributed by atoms with van der Waals surface area (Å²) < 4.78 is 12.3. The Morgan fingerprint density at radius 2 is 1.78 bits per heavy atom. The molecule has 0 saturated carbocycles. The van der Waals surface area contributed by atoms with E-state index in [0.29, 0.717) is 36.4 Å². The number of carbonyl (C=O) groups is 2. The fraction of sp³-hybridized carbons (Fsp3) is 0.385. The fourth-order valence-corrected chi connectivity index (χ4v) is 4.38. The van der Waals surface area contributed by atoms with Crippen molar-refractivity contribution < 1.29 is 19.1 Å². The van der Waals surface area contributed by atoms with E-state index < -0.39 is 5.97 Å². The Labute approximate surface area is 190 Å². The molecule has 6 heteroatoms. The highest BCUT2D eigenvalue weighted by molar-refractivity contribution is 6.16. The quantitative estimate of drug-likeness (QED) is 0.366. The lowest BCUT2D eigenvalue weighted by molar-refractivity contribution is -0.136. The Kier molecular flexibility index (Phi) is 7.04. The minimum absolute atomic E-state index is 0.185. The van der Waals surface area contributed by atoms with Gasteiger partial charge in [-0.1, -0.05) is 17.7 Å². The number of allylic oxidation sites excluding steroid dienone is 1. The molecule has 2 aromatic rings. The topological polar surface area (TPSA) is 60.8 Å². The number of hydrogen-bond donors (Lipinski definition) is 0. The van der Waals surface area contributed by atoms with Crippen molar-refractivity contribution in [1.29, 1.82) is 0 Å². The molecule has 0 fully saturated rings. The molecule has 32 heavy (non-hydrogen) atoms. The molecule has 0 saturated heterocycles. The van der Waals surface area contributed by atoms with Crippen LogP contribution in [0.1, 0.15) is 41.4 Å². The number of ether oxygens (including phenoxy) is 2. The number of amides is 1. The average molecular weight is 437 g/mol. The van der Waals surface area contributed by atoms with Crippen LogP contribution in [0.4, 0.5) is 0 Å². The summed E-state index contributed by atoms with van der Waals surface area (Å²) in [6.07, 6.45) is 2.50. The number of aromatic nitrogens is 1. The lowest BCUT2D eigenvalue weighted by Crippen LogP contribution is -2.26. The molecule has 0 aliphatic carbocycles. The highest BCUT2D eigenvalue weighted by Crippen LogP contribution is 2.33. The van der Waals surface area contributed by atoms with Gasteiger partial charge >= 0.3 is 5.97 Å². The van der Waals surface area contributed by atoms with Crippen LogP contribution < -0.4 is 0 Å². The molecule has 1 aromatic carbocycles. The summed E-state index contributed by atoms with van der Waals surface area (Å²) in [6, 6.07) is 8.42. The SMILES string of the molecule is COCCCN1C(=O)/C(=C\c2cc(C)n(-c3ccc(C)cc3C)c2C)C(C(=O)OC)=C1C. The highest BCUT2D eigenvalue weighted by Gasteiger charge is 2.36. The predicted molar refractivity (Wildman–Crippen MR) is 126 cm³/mol. The first-order chi connectivity index (χ1) is 15.2. The molecule has 1 aliphatic heterocycles. The van der Waals surface area contributed by atoms with Crippen LogP contribution in [0.2, 0.25) is 0 Å². The van der Waals surface area contributed by atoms with Gasteiger partial charge in [0.1, 0.15) is 0 Å². The third-order valence-corrected chi connectivity index (χ3v) is 5.99. The molecule has 0 bridgehead atoms. The first kappa shape index (κ1) is 23.5. The normalized spacial score (nSPS) is 15.3. The summed E-state index contributed by atoms with van der Waals surface area (Å²) >= 11 is 0. The van der Waals surface area contributed by atoms with Crippen molar-refractivity contribution in [2.24, 2.45) is 0 Å². The highest BCUT2D eigenvalue weighted by atomic mass is 16.5. The number of nitrogens with zero attached hydrogens (tertiary/aromatic N) is 2. The second-order valence-electron chi connectivity index (χ2n) is 8.26.